The number of aryl methyl sites for hydroxylation is 1. The van der Waals surface area contributed by atoms with Crippen LogP contribution >= 0.6 is 22.9 Å². The van der Waals surface area contributed by atoms with Crippen LogP contribution in [0.5, 0.6) is 0 Å². The van der Waals surface area contributed by atoms with Crippen molar-refractivity contribution in [2.45, 2.75) is 13.3 Å². The summed E-state index contributed by atoms with van der Waals surface area (Å²) in [4.78, 5) is 11.8. The van der Waals surface area contributed by atoms with Crippen molar-refractivity contribution in [3.63, 3.8) is 0 Å². The lowest BCUT2D eigenvalue weighted by atomic mass is 10.2. The monoisotopic (exact) mass is 333 g/mol. The molecule has 3 rings (SSSR count). The molecule has 2 heterocycles. The number of carbonyl (C=O) groups excluding carboxylic acids is 1. The zero-order valence-corrected chi connectivity index (χ0v) is 13.2. The molecule has 0 aliphatic carbocycles. The molecule has 0 aliphatic rings. The molecule has 0 aliphatic heterocycles. The number of amides is 1. The molecular formula is C15H12ClN3O2S. The number of benzene rings is 1. The van der Waals surface area contributed by atoms with Gasteiger partial charge in [0.25, 0.3) is 0 Å². The summed E-state index contributed by atoms with van der Waals surface area (Å²) in [5, 5.41) is 13.4. The Balaban J connectivity index is 1.70. The first-order valence-corrected chi connectivity index (χ1v) is 7.84. The van der Waals surface area contributed by atoms with E-state index >= 15 is 0 Å². The van der Waals surface area contributed by atoms with Crippen molar-refractivity contribution in [3.05, 3.63) is 46.1 Å². The van der Waals surface area contributed by atoms with E-state index in [1.807, 2.05) is 19.1 Å². The summed E-state index contributed by atoms with van der Waals surface area (Å²) in [6.45, 7) is 1.99. The third-order valence-corrected chi connectivity index (χ3v) is 4.11. The Bertz CT molecular complexity index is 853. The van der Waals surface area contributed by atoms with Gasteiger partial charge in [0.2, 0.25) is 11.0 Å². The number of halogens is 1. The summed E-state index contributed by atoms with van der Waals surface area (Å²) in [7, 11) is 0. The Morgan fingerprint density at radius 1 is 1.41 bits per heavy atom. The van der Waals surface area contributed by atoms with E-state index in [9.17, 15) is 4.79 Å². The molecule has 7 heteroatoms. The second kappa shape index (κ2) is 6.29. The molecule has 22 heavy (non-hydrogen) atoms. The van der Waals surface area contributed by atoms with Crippen molar-refractivity contribution in [3.8, 4) is 0 Å². The normalized spacial score (nSPS) is 11.4. The lowest BCUT2D eigenvalue weighted by molar-refractivity contribution is -0.111. The van der Waals surface area contributed by atoms with Crippen molar-refractivity contribution in [1.82, 2.24) is 10.2 Å². The number of nitrogens with zero attached hydrogens (tertiary/aromatic N) is 2. The summed E-state index contributed by atoms with van der Waals surface area (Å²) in [5.41, 5.74) is 0.723. The maximum atomic E-state index is 11.8. The minimum Gasteiger partial charge on any atom is -0.457 e. The molecule has 3 aromatic rings. The van der Waals surface area contributed by atoms with Crippen LogP contribution < -0.4 is 5.32 Å². The number of hydrogen-bond donors (Lipinski definition) is 1. The van der Waals surface area contributed by atoms with E-state index in [-0.39, 0.29) is 5.91 Å². The number of fused-ring (bicyclic) bond motifs is 1. The Hall–Kier alpha value is -2.18. The molecule has 0 saturated carbocycles. The van der Waals surface area contributed by atoms with Gasteiger partial charge in [-0.15, -0.1) is 10.2 Å². The lowest BCUT2D eigenvalue weighted by Gasteiger charge is -1.93. The molecular weight excluding hydrogens is 322 g/mol. The van der Waals surface area contributed by atoms with Gasteiger partial charge in [-0.1, -0.05) is 29.9 Å². The number of nitrogens with one attached hydrogen (secondary N) is 1. The maximum Gasteiger partial charge on any atom is 0.250 e. The summed E-state index contributed by atoms with van der Waals surface area (Å²) in [6.07, 6.45) is 3.79. The van der Waals surface area contributed by atoms with Crippen LogP contribution in [-0.4, -0.2) is 16.1 Å². The molecule has 0 unspecified atom stereocenters. The fourth-order valence-electron chi connectivity index (χ4n) is 1.87. The number of anilines is 1. The average molecular weight is 334 g/mol. The van der Waals surface area contributed by atoms with E-state index in [4.69, 9.17) is 16.0 Å². The predicted molar refractivity (Wildman–Crippen MR) is 88.2 cm³/mol. The lowest BCUT2D eigenvalue weighted by Crippen LogP contribution is -2.07. The largest absolute Gasteiger partial charge is 0.457 e. The first kappa shape index (κ1) is 14.7. The molecule has 112 valence electrons. The van der Waals surface area contributed by atoms with Crippen molar-refractivity contribution < 1.29 is 9.21 Å². The van der Waals surface area contributed by atoms with Crippen LogP contribution in [0.25, 0.3) is 17.0 Å². The molecule has 1 N–H and O–H groups in total. The van der Waals surface area contributed by atoms with E-state index < -0.39 is 0 Å². The number of hydrogen-bond acceptors (Lipinski definition) is 5. The number of carbonyl (C=O) groups is 1. The number of furan rings is 1. The third-order valence-electron chi connectivity index (χ3n) is 2.90. The van der Waals surface area contributed by atoms with Crippen LogP contribution in [-0.2, 0) is 11.2 Å². The van der Waals surface area contributed by atoms with Gasteiger partial charge in [0.15, 0.2) is 0 Å². The molecule has 0 atom stereocenters. The topological polar surface area (TPSA) is 68.0 Å². The van der Waals surface area contributed by atoms with Crippen LogP contribution in [0, 0.1) is 0 Å². The van der Waals surface area contributed by atoms with Gasteiger partial charge < -0.3 is 4.42 Å². The summed E-state index contributed by atoms with van der Waals surface area (Å²) >= 11 is 7.29. The minimum atomic E-state index is -0.280. The van der Waals surface area contributed by atoms with E-state index in [2.05, 4.69) is 15.5 Å². The fourth-order valence-corrected chi connectivity index (χ4v) is 2.73. The first-order chi connectivity index (χ1) is 10.6. The highest BCUT2D eigenvalue weighted by atomic mass is 35.5. The fraction of sp³-hybridized carbons (Fsp3) is 0.133. The highest BCUT2D eigenvalue weighted by molar-refractivity contribution is 7.15. The van der Waals surface area contributed by atoms with Gasteiger partial charge in [0, 0.05) is 16.5 Å². The molecule has 0 spiro atoms. The van der Waals surface area contributed by atoms with Crippen molar-refractivity contribution in [2.75, 3.05) is 5.32 Å². The molecule has 5 nitrogen and oxygen atoms in total. The van der Waals surface area contributed by atoms with Gasteiger partial charge in [0.05, 0.1) is 0 Å². The van der Waals surface area contributed by atoms with Gasteiger partial charge in [-0.05, 0) is 36.8 Å². The summed E-state index contributed by atoms with van der Waals surface area (Å²) in [5.74, 6) is 0.302. The predicted octanol–water partition coefficient (Wildman–Crippen LogP) is 4.15. The molecule has 0 bridgehead atoms. The van der Waals surface area contributed by atoms with Crippen LogP contribution in [0.2, 0.25) is 5.02 Å². The van der Waals surface area contributed by atoms with Crippen molar-refractivity contribution >= 4 is 51.0 Å². The molecule has 2 aromatic heterocycles. The summed E-state index contributed by atoms with van der Waals surface area (Å²) < 4.78 is 5.59. The Morgan fingerprint density at radius 2 is 2.27 bits per heavy atom. The molecule has 0 fully saturated rings. The number of aromatic nitrogens is 2. The average Bonchev–Trinajstić information content (AvgIpc) is 3.10. The second-order valence-corrected chi connectivity index (χ2v) is 6.01. The zero-order valence-electron chi connectivity index (χ0n) is 11.7. The van der Waals surface area contributed by atoms with E-state index in [1.165, 1.54) is 17.4 Å². The summed E-state index contributed by atoms with van der Waals surface area (Å²) in [6, 6.07) is 7.19. The zero-order chi connectivity index (χ0) is 15.5. The van der Waals surface area contributed by atoms with Crippen molar-refractivity contribution in [1.29, 1.82) is 0 Å². The highest BCUT2D eigenvalue weighted by Crippen LogP contribution is 2.23. The SMILES string of the molecule is CCc1nnc(NC(=O)C=Cc2cc3cc(Cl)ccc3o2)s1. The Morgan fingerprint density at radius 3 is 3.05 bits per heavy atom. The van der Waals surface area contributed by atoms with Gasteiger partial charge >= 0.3 is 0 Å². The van der Waals surface area contributed by atoms with Gasteiger partial charge in [-0.25, -0.2) is 0 Å². The van der Waals surface area contributed by atoms with Crippen LogP contribution in [0.1, 0.15) is 17.7 Å². The Kier molecular flexibility index (Phi) is 4.22. The standard InChI is InChI=1S/C15H12ClN3O2S/c1-2-14-18-19-15(22-14)17-13(20)6-4-11-8-9-7-10(16)3-5-12(9)21-11/h3-8H,2H2,1H3,(H,17,19,20). The van der Waals surface area contributed by atoms with E-state index in [0.717, 1.165) is 22.4 Å². The molecule has 1 amide bonds. The number of rotatable bonds is 4. The Labute approximate surface area is 135 Å². The minimum absolute atomic E-state index is 0.280. The van der Waals surface area contributed by atoms with Gasteiger partial charge in [0.1, 0.15) is 16.4 Å². The van der Waals surface area contributed by atoms with Gasteiger partial charge in [-0.2, -0.15) is 0 Å². The van der Waals surface area contributed by atoms with Crippen molar-refractivity contribution in [2.24, 2.45) is 0 Å². The van der Waals surface area contributed by atoms with Gasteiger partial charge in [-0.3, -0.25) is 10.1 Å². The maximum absolute atomic E-state index is 11.8. The van der Waals surface area contributed by atoms with Crippen LogP contribution in [0.4, 0.5) is 5.13 Å². The van der Waals surface area contributed by atoms with Crippen LogP contribution in [0.3, 0.4) is 0 Å². The second-order valence-electron chi connectivity index (χ2n) is 4.51. The van der Waals surface area contributed by atoms with E-state index in [1.54, 1.807) is 18.2 Å². The molecule has 1 aromatic carbocycles. The third kappa shape index (κ3) is 3.35. The first-order valence-electron chi connectivity index (χ1n) is 6.64. The van der Waals surface area contributed by atoms with Crippen LogP contribution in [0.15, 0.2) is 34.8 Å². The molecule has 0 radical (unpaired) electrons. The smallest absolute Gasteiger partial charge is 0.250 e. The van der Waals surface area contributed by atoms with E-state index in [0.29, 0.717) is 15.9 Å². The highest BCUT2D eigenvalue weighted by Gasteiger charge is 2.06. The quantitative estimate of drug-likeness (QED) is 0.728. The molecule has 0 saturated heterocycles.